The van der Waals surface area contributed by atoms with Gasteiger partial charge in [0.1, 0.15) is 0 Å². The van der Waals surface area contributed by atoms with Crippen molar-refractivity contribution in [2.45, 2.75) is 51.6 Å². The number of aromatic nitrogens is 2. The fourth-order valence-corrected chi connectivity index (χ4v) is 2.67. The molecule has 1 unspecified atom stereocenters. The molecule has 0 aromatic carbocycles. The summed E-state index contributed by atoms with van der Waals surface area (Å²) in [6.07, 6.45) is 3.29. The van der Waals surface area contributed by atoms with Gasteiger partial charge in [0.25, 0.3) is 0 Å². The van der Waals surface area contributed by atoms with Crippen LogP contribution in [0.4, 0.5) is 22.2 Å². The molecule has 1 aromatic rings. The summed E-state index contributed by atoms with van der Waals surface area (Å²) >= 11 is 0. The quantitative estimate of drug-likeness (QED) is 0.656. The van der Waals surface area contributed by atoms with Crippen LogP contribution < -0.4 is 16.4 Å². The monoisotopic (exact) mass is 322 g/mol. The largest absolute Gasteiger partial charge is 0.465 e. The highest BCUT2D eigenvalue weighted by atomic mass is 16.4. The SMILES string of the molecule is CC(C)(C)Nc1ncc(N)c(NCCC2CCCN2C(=O)O)n1. The molecule has 1 aromatic heterocycles. The first-order valence-electron chi connectivity index (χ1n) is 7.90. The average Bonchev–Trinajstić information content (AvgIpc) is 2.89. The number of carboxylic acid groups (broad SMARTS) is 1. The lowest BCUT2D eigenvalue weighted by Gasteiger charge is -2.22. The Bertz CT molecular complexity index is 557. The van der Waals surface area contributed by atoms with Crippen molar-refractivity contribution < 1.29 is 9.90 Å². The van der Waals surface area contributed by atoms with Crippen LogP contribution in [0.15, 0.2) is 6.20 Å². The molecule has 0 aliphatic carbocycles. The molecule has 2 rings (SSSR count). The minimum Gasteiger partial charge on any atom is -0.465 e. The standard InChI is InChI=1S/C15H26N6O2/c1-15(2,3)20-13-18-9-11(16)12(19-13)17-7-6-10-5-4-8-21(10)14(22)23/h9-10H,4-8,16H2,1-3H3,(H,22,23)(H2,17,18,19,20). The van der Waals surface area contributed by atoms with Gasteiger partial charge in [-0.3, -0.25) is 0 Å². The average molecular weight is 322 g/mol. The number of amides is 1. The second-order valence-electron chi connectivity index (χ2n) is 6.86. The van der Waals surface area contributed by atoms with E-state index in [-0.39, 0.29) is 11.6 Å². The first-order valence-corrected chi connectivity index (χ1v) is 7.90. The third-order valence-electron chi connectivity index (χ3n) is 3.70. The van der Waals surface area contributed by atoms with Crippen LogP contribution in [0.3, 0.4) is 0 Å². The number of hydrogen-bond donors (Lipinski definition) is 4. The lowest BCUT2D eigenvalue weighted by molar-refractivity contribution is 0.139. The fourth-order valence-electron chi connectivity index (χ4n) is 2.67. The summed E-state index contributed by atoms with van der Waals surface area (Å²) in [7, 11) is 0. The van der Waals surface area contributed by atoms with Gasteiger partial charge >= 0.3 is 6.09 Å². The molecule has 8 nitrogen and oxygen atoms in total. The Labute approximate surface area is 136 Å². The Morgan fingerprint density at radius 2 is 2.26 bits per heavy atom. The lowest BCUT2D eigenvalue weighted by atomic mass is 10.1. The molecule has 0 spiro atoms. The maximum absolute atomic E-state index is 11.1. The van der Waals surface area contributed by atoms with Crippen LogP contribution in [0, 0.1) is 0 Å². The molecule has 0 bridgehead atoms. The van der Waals surface area contributed by atoms with Crippen LogP contribution in [-0.2, 0) is 0 Å². The molecule has 128 valence electrons. The second-order valence-corrected chi connectivity index (χ2v) is 6.86. The van der Waals surface area contributed by atoms with E-state index in [1.165, 1.54) is 4.90 Å². The number of anilines is 3. The number of nitrogens with zero attached hydrogens (tertiary/aromatic N) is 3. The summed E-state index contributed by atoms with van der Waals surface area (Å²) in [5.74, 6) is 1.09. The molecule has 1 atom stereocenters. The topological polar surface area (TPSA) is 116 Å². The molecular formula is C15H26N6O2. The van der Waals surface area contributed by atoms with Crippen molar-refractivity contribution in [3.63, 3.8) is 0 Å². The van der Waals surface area contributed by atoms with Gasteiger partial charge in [-0.15, -0.1) is 0 Å². The minimum absolute atomic E-state index is 0.0650. The number of carbonyl (C=O) groups is 1. The molecule has 0 radical (unpaired) electrons. The van der Waals surface area contributed by atoms with Crippen molar-refractivity contribution in [3.05, 3.63) is 6.20 Å². The molecule has 1 fully saturated rings. The molecule has 2 heterocycles. The van der Waals surface area contributed by atoms with Crippen LogP contribution in [0.1, 0.15) is 40.0 Å². The lowest BCUT2D eigenvalue weighted by Crippen LogP contribution is -2.35. The Morgan fingerprint density at radius 1 is 1.52 bits per heavy atom. The molecular weight excluding hydrogens is 296 g/mol. The first-order chi connectivity index (χ1) is 10.8. The minimum atomic E-state index is -0.842. The molecule has 1 aliphatic rings. The van der Waals surface area contributed by atoms with E-state index in [1.54, 1.807) is 6.20 Å². The predicted octanol–water partition coefficient (Wildman–Crippen LogP) is 2.21. The van der Waals surface area contributed by atoms with E-state index in [4.69, 9.17) is 10.8 Å². The molecule has 1 amide bonds. The van der Waals surface area contributed by atoms with Crippen LogP contribution in [0.5, 0.6) is 0 Å². The van der Waals surface area contributed by atoms with Crippen molar-refractivity contribution in [2.75, 3.05) is 29.5 Å². The number of hydrogen-bond acceptors (Lipinski definition) is 6. The normalized spacial score (nSPS) is 18.0. The third-order valence-corrected chi connectivity index (χ3v) is 3.70. The van der Waals surface area contributed by atoms with Gasteiger partial charge in [0.05, 0.1) is 11.9 Å². The summed E-state index contributed by atoms with van der Waals surface area (Å²) in [6, 6.07) is 0.0650. The van der Waals surface area contributed by atoms with Gasteiger partial charge < -0.3 is 26.4 Å². The van der Waals surface area contributed by atoms with E-state index < -0.39 is 6.09 Å². The van der Waals surface area contributed by atoms with Gasteiger partial charge in [0, 0.05) is 24.7 Å². The molecule has 1 aliphatic heterocycles. The van der Waals surface area contributed by atoms with Crippen LogP contribution in [-0.4, -0.2) is 50.7 Å². The van der Waals surface area contributed by atoms with Crippen molar-refractivity contribution in [2.24, 2.45) is 0 Å². The maximum Gasteiger partial charge on any atom is 0.407 e. The maximum atomic E-state index is 11.1. The third kappa shape index (κ3) is 4.87. The van der Waals surface area contributed by atoms with E-state index in [2.05, 4.69) is 20.6 Å². The highest BCUT2D eigenvalue weighted by molar-refractivity contribution is 5.66. The van der Waals surface area contributed by atoms with Crippen LogP contribution in [0.25, 0.3) is 0 Å². The molecule has 8 heteroatoms. The van der Waals surface area contributed by atoms with E-state index >= 15 is 0 Å². The van der Waals surface area contributed by atoms with E-state index in [0.29, 0.717) is 30.5 Å². The van der Waals surface area contributed by atoms with Crippen molar-refractivity contribution in [1.82, 2.24) is 14.9 Å². The zero-order chi connectivity index (χ0) is 17.0. The number of nitrogens with two attached hydrogens (primary N) is 1. The van der Waals surface area contributed by atoms with Gasteiger partial charge in [0.2, 0.25) is 5.95 Å². The Hall–Kier alpha value is -2.25. The highest BCUT2D eigenvalue weighted by Gasteiger charge is 2.27. The molecule has 0 saturated carbocycles. The highest BCUT2D eigenvalue weighted by Crippen LogP contribution is 2.22. The van der Waals surface area contributed by atoms with Gasteiger partial charge in [-0.25, -0.2) is 9.78 Å². The molecule has 5 N–H and O–H groups in total. The van der Waals surface area contributed by atoms with Crippen molar-refractivity contribution >= 4 is 23.5 Å². The summed E-state index contributed by atoms with van der Waals surface area (Å²) < 4.78 is 0. The molecule has 23 heavy (non-hydrogen) atoms. The van der Waals surface area contributed by atoms with Crippen molar-refractivity contribution in [1.29, 1.82) is 0 Å². The van der Waals surface area contributed by atoms with Crippen LogP contribution in [0.2, 0.25) is 0 Å². The summed E-state index contributed by atoms with van der Waals surface area (Å²) in [4.78, 5) is 21.2. The zero-order valence-electron chi connectivity index (χ0n) is 14.0. The summed E-state index contributed by atoms with van der Waals surface area (Å²) in [5, 5.41) is 15.5. The number of nitrogens with one attached hydrogen (secondary N) is 2. The zero-order valence-corrected chi connectivity index (χ0v) is 14.0. The van der Waals surface area contributed by atoms with Crippen molar-refractivity contribution in [3.8, 4) is 0 Å². The Kier molecular flexibility index (Phi) is 5.12. The van der Waals surface area contributed by atoms with Crippen LogP contribution >= 0.6 is 0 Å². The Balaban J connectivity index is 1.92. The number of nitrogen functional groups attached to an aromatic ring is 1. The van der Waals surface area contributed by atoms with Gasteiger partial charge in [-0.1, -0.05) is 0 Å². The number of likely N-dealkylation sites (tertiary alicyclic amines) is 1. The fraction of sp³-hybridized carbons (Fsp3) is 0.667. The molecule has 1 saturated heterocycles. The van der Waals surface area contributed by atoms with E-state index in [1.807, 2.05) is 20.8 Å². The van der Waals surface area contributed by atoms with E-state index in [0.717, 1.165) is 19.3 Å². The second kappa shape index (κ2) is 6.89. The van der Waals surface area contributed by atoms with E-state index in [9.17, 15) is 4.79 Å². The number of rotatable bonds is 5. The Morgan fingerprint density at radius 3 is 2.91 bits per heavy atom. The van der Waals surface area contributed by atoms with Gasteiger partial charge in [-0.05, 0) is 40.0 Å². The smallest absolute Gasteiger partial charge is 0.407 e. The predicted molar refractivity (Wildman–Crippen MR) is 90.7 cm³/mol. The summed E-state index contributed by atoms with van der Waals surface area (Å²) in [6.45, 7) is 7.32. The van der Waals surface area contributed by atoms with Gasteiger partial charge in [0.15, 0.2) is 5.82 Å². The van der Waals surface area contributed by atoms with Gasteiger partial charge in [-0.2, -0.15) is 4.98 Å². The first kappa shape index (κ1) is 17.1. The summed E-state index contributed by atoms with van der Waals surface area (Å²) in [5.41, 5.74) is 6.24.